The van der Waals surface area contributed by atoms with Crippen LogP contribution in [0.2, 0.25) is 0 Å². The Kier molecular flexibility index (Phi) is 4.51. The van der Waals surface area contributed by atoms with Gasteiger partial charge in [0.1, 0.15) is 23.9 Å². The maximum atomic E-state index is 5.88. The van der Waals surface area contributed by atoms with Gasteiger partial charge in [0, 0.05) is 12.0 Å². The summed E-state index contributed by atoms with van der Waals surface area (Å²) < 4.78 is 13.3. The van der Waals surface area contributed by atoms with Crippen LogP contribution in [0.4, 0.5) is 0 Å². The van der Waals surface area contributed by atoms with Crippen LogP contribution in [-0.4, -0.2) is 23.3 Å². The number of hydrogen-bond donors (Lipinski definition) is 0. The van der Waals surface area contributed by atoms with Crippen LogP contribution in [0.1, 0.15) is 25.6 Å². The van der Waals surface area contributed by atoms with Crippen LogP contribution in [0, 0.1) is 0 Å². The van der Waals surface area contributed by atoms with Gasteiger partial charge in [-0.3, -0.25) is 0 Å². The Hall–Kier alpha value is -2.49. The van der Waals surface area contributed by atoms with Crippen molar-refractivity contribution in [3.05, 3.63) is 54.4 Å². The van der Waals surface area contributed by atoms with Crippen molar-refractivity contribution in [2.45, 2.75) is 26.3 Å². The average Bonchev–Trinajstić information content (AvgIpc) is 2.94. The second-order valence-electron chi connectivity index (χ2n) is 5.79. The highest BCUT2D eigenvalue weighted by Gasteiger charge is 2.13. The molecule has 1 heterocycles. The third kappa shape index (κ3) is 3.31. The van der Waals surface area contributed by atoms with Gasteiger partial charge in [-0.05, 0) is 24.3 Å². The zero-order valence-electron chi connectivity index (χ0n) is 13.8. The number of hydrogen-bond acceptors (Lipinski definition) is 3. The van der Waals surface area contributed by atoms with E-state index in [0.29, 0.717) is 12.5 Å². The molecular formula is C19H22N2O2. The predicted octanol–water partition coefficient (Wildman–Crippen LogP) is 4.25. The lowest BCUT2D eigenvalue weighted by molar-refractivity contribution is 0.295. The topological polar surface area (TPSA) is 36.3 Å². The first-order valence-corrected chi connectivity index (χ1v) is 7.91. The van der Waals surface area contributed by atoms with E-state index in [4.69, 9.17) is 14.5 Å². The molecule has 4 nitrogen and oxygen atoms in total. The van der Waals surface area contributed by atoms with Gasteiger partial charge in [0.25, 0.3) is 0 Å². The number of nitrogens with zero attached hydrogens (tertiary/aromatic N) is 2. The SMILES string of the molecule is COc1cccc(OCCn2c(C(C)C)nc3ccccc32)c1. The Morgan fingerprint density at radius 1 is 1.04 bits per heavy atom. The molecule has 0 aliphatic rings. The molecule has 0 unspecified atom stereocenters. The molecule has 0 saturated carbocycles. The molecule has 0 spiro atoms. The summed E-state index contributed by atoms with van der Waals surface area (Å²) in [6.45, 7) is 5.69. The number of methoxy groups -OCH3 is 1. The van der Waals surface area contributed by atoms with Crippen molar-refractivity contribution in [1.29, 1.82) is 0 Å². The molecule has 0 saturated heterocycles. The van der Waals surface area contributed by atoms with E-state index in [2.05, 4.69) is 30.5 Å². The van der Waals surface area contributed by atoms with Crippen molar-refractivity contribution in [1.82, 2.24) is 9.55 Å². The first kappa shape index (κ1) is 15.4. The van der Waals surface area contributed by atoms with E-state index < -0.39 is 0 Å². The summed E-state index contributed by atoms with van der Waals surface area (Å²) >= 11 is 0. The summed E-state index contributed by atoms with van der Waals surface area (Å²) in [6, 6.07) is 15.9. The Morgan fingerprint density at radius 2 is 1.83 bits per heavy atom. The fourth-order valence-corrected chi connectivity index (χ4v) is 2.72. The van der Waals surface area contributed by atoms with E-state index in [-0.39, 0.29) is 0 Å². The lowest BCUT2D eigenvalue weighted by atomic mass is 10.2. The van der Waals surface area contributed by atoms with Crippen molar-refractivity contribution >= 4 is 11.0 Å². The van der Waals surface area contributed by atoms with Crippen LogP contribution >= 0.6 is 0 Å². The molecule has 0 atom stereocenters. The number of fused-ring (bicyclic) bond motifs is 1. The Morgan fingerprint density at radius 3 is 2.61 bits per heavy atom. The van der Waals surface area contributed by atoms with E-state index in [9.17, 15) is 0 Å². The molecule has 1 aromatic heterocycles. The highest BCUT2D eigenvalue weighted by molar-refractivity contribution is 5.76. The maximum absolute atomic E-state index is 5.88. The normalized spacial score (nSPS) is 11.1. The third-order valence-corrected chi connectivity index (χ3v) is 3.83. The van der Waals surface area contributed by atoms with E-state index in [1.807, 2.05) is 36.4 Å². The summed E-state index contributed by atoms with van der Waals surface area (Å²) in [4.78, 5) is 4.75. The van der Waals surface area contributed by atoms with Crippen molar-refractivity contribution < 1.29 is 9.47 Å². The number of rotatable bonds is 6. The molecule has 3 rings (SSSR count). The first-order chi connectivity index (χ1) is 11.2. The van der Waals surface area contributed by atoms with Crippen molar-refractivity contribution in [2.24, 2.45) is 0 Å². The van der Waals surface area contributed by atoms with Gasteiger partial charge >= 0.3 is 0 Å². The summed E-state index contributed by atoms with van der Waals surface area (Å²) in [5.41, 5.74) is 2.20. The molecule has 2 aromatic carbocycles. The summed E-state index contributed by atoms with van der Waals surface area (Å²) in [7, 11) is 1.66. The van der Waals surface area contributed by atoms with Gasteiger partial charge in [-0.2, -0.15) is 0 Å². The largest absolute Gasteiger partial charge is 0.497 e. The van der Waals surface area contributed by atoms with Gasteiger partial charge < -0.3 is 14.0 Å². The molecular weight excluding hydrogens is 288 g/mol. The fourth-order valence-electron chi connectivity index (χ4n) is 2.72. The summed E-state index contributed by atoms with van der Waals surface area (Å²) in [5, 5.41) is 0. The zero-order chi connectivity index (χ0) is 16.2. The van der Waals surface area contributed by atoms with Gasteiger partial charge in [-0.15, -0.1) is 0 Å². The van der Waals surface area contributed by atoms with Gasteiger partial charge in [-0.25, -0.2) is 4.98 Å². The molecule has 3 aromatic rings. The number of ether oxygens (including phenoxy) is 2. The van der Waals surface area contributed by atoms with E-state index in [1.54, 1.807) is 7.11 Å². The maximum Gasteiger partial charge on any atom is 0.123 e. The number of para-hydroxylation sites is 2. The van der Waals surface area contributed by atoms with Gasteiger partial charge in [-0.1, -0.05) is 32.0 Å². The second kappa shape index (κ2) is 6.73. The zero-order valence-corrected chi connectivity index (χ0v) is 13.8. The molecule has 0 bridgehead atoms. The monoisotopic (exact) mass is 310 g/mol. The van der Waals surface area contributed by atoms with Gasteiger partial charge in [0.05, 0.1) is 24.7 Å². The summed E-state index contributed by atoms with van der Waals surface area (Å²) in [5.74, 6) is 3.10. The van der Waals surface area contributed by atoms with Crippen LogP contribution in [-0.2, 0) is 6.54 Å². The molecule has 0 radical (unpaired) electrons. The minimum atomic E-state index is 0.374. The smallest absolute Gasteiger partial charge is 0.123 e. The van der Waals surface area contributed by atoms with E-state index in [0.717, 1.165) is 34.9 Å². The lowest BCUT2D eigenvalue weighted by Gasteiger charge is -2.13. The van der Waals surface area contributed by atoms with Crippen molar-refractivity contribution in [3.63, 3.8) is 0 Å². The third-order valence-electron chi connectivity index (χ3n) is 3.83. The minimum absolute atomic E-state index is 0.374. The van der Waals surface area contributed by atoms with E-state index >= 15 is 0 Å². The molecule has 120 valence electrons. The summed E-state index contributed by atoms with van der Waals surface area (Å²) in [6.07, 6.45) is 0. The molecule has 0 aliphatic heterocycles. The van der Waals surface area contributed by atoms with Gasteiger partial charge in [0.15, 0.2) is 0 Å². The molecule has 4 heteroatoms. The Labute approximate surface area is 136 Å². The quantitative estimate of drug-likeness (QED) is 0.683. The van der Waals surface area contributed by atoms with E-state index in [1.165, 1.54) is 0 Å². The average molecular weight is 310 g/mol. The molecule has 0 N–H and O–H groups in total. The van der Waals surface area contributed by atoms with Crippen molar-refractivity contribution in [3.8, 4) is 11.5 Å². The molecule has 0 fully saturated rings. The number of benzene rings is 2. The standard InChI is InChI=1S/C19H22N2O2/c1-14(2)19-20-17-9-4-5-10-18(17)21(19)11-12-23-16-8-6-7-15(13-16)22-3/h4-10,13-14H,11-12H2,1-3H3. The lowest BCUT2D eigenvalue weighted by Crippen LogP contribution is -2.12. The van der Waals surface area contributed by atoms with Crippen LogP contribution in [0.25, 0.3) is 11.0 Å². The second-order valence-corrected chi connectivity index (χ2v) is 5.79. The highest BCUT2D eigenvalue weighted by atomic mass is 16.5. The number of aromatic nitrogens is 2. The highest BCUT2D eigenvalue weighted by Crippen LogP contribution is 2.22. The van der Waals surface area contributed by atoms with Crippen molar-refractivity contribution in [2.75, 3.05) is 13.7 Å². The minimum Gasteiger partial charge on any atom is -0.497 e. The Bertz CT molecular complexity index is 793. The predicted molar refractivity (Wildman–Crippen MR) is 92.3 cm³/mol. The fraction of sp³-hybridized carbons (Fsp3) is 0.316. The first-order valence-electron chi connectivity index (χ1n) is 7.91. The van der Waals surface area contributed by atoms with Gasteiger partial charge in [0.2, 0.25) is 0 Å². The van der Waals surface area contributed by atoms with Crippen LogP contribution < -0.4 is 9.47 Å². The van der Waals surface area contributed by atoms with Crippen LogP contribution in [0.15, 0.2) is 48.5 Å². The Balaban J connectivity index is 1.77. The molecule has 0 aliphatic carbocycles. The molecule has 23 heavy (non-hydrogen) atoms. The number of imidazole rings is 1. The van der Waals surface area contributed by atoms with Crippen LogP contribution in [0.3, 0.4) is 0 Å². The van der Waals surface area contributed by atoms with Crippen LogP contribution in [0.5, 0.6) is 11.5 Å². The molecule has 0 amide bonds.